The molecule has 2 rings (SSSR count). The van der Waals surface area contributed by atoms with Crippen LogP contribution in [0.1, 0.15) is 18.5 Å². The minimum Gasteiger partial charge on any atom is -0.363 e. The van der Waals surface area contributed by atoms with E-state index >= 15 is 0 Å². The van der Waals surface area contributed by atoms with Gasteiger partial charge in [0.25, 0.3) is 0 Å². The minimum absolute atomic E-state index is 0.212. The summed E-state index contributed by atoms with van der Waals surface area (Å²) in [6.45, 7) is 2.07. The van der Waals surface area contributed by atoms with E-state index in [0.717, 1.165) is 11.4 Å². The van der Waals surface area contributed by atoms with Crippen LogP contribution in [0.25, 0.3) is 0 Å². The number of aromatic amines is 1. The number of nitrogens with one attached hydrogen (secondary N) is 2. The van der Waals surface area contributed by atoms with Gasteiger partial charge in [-0.05, 0) is 19.1 Å². The van der Waals surface area contributed by atoms with Gasteiger partial charge in [0.1, 0.15) is 5.82 Å². The summed E-state index contributed by atoms with van der Waals surface area (Å²) in [6.07, 6.45) is 5.45. The van der Waals surface area contributed by atoms with E-state index in [0.29, 0.717) is 0 Å². The Kier molecular flexibility index (Phi) is 2.44. The Balaban J connectivity index is 2.06. The predicted molar refractivity (Wildman–Crippen MR) is 54.9 cm³/mol. The van der Waals surface area contributed by atoms with Gasteiger partial charge < -0.3 is 5.32 Å². The van der Waals surface area contributed by atoms with Crippen molar-refractivity contribution in [2.24, 2.45) is 0 Å². The fourth-order valence-electron chi connectivity index (χ4n) is 1.25. The normalized spacial score (nSPS) is 12.4. The van der Waals surface area contributed by atoms with Gasteiger partial charge in [0.2, 0.25) is 0 Å². The van der Waals surface area contributed by atoms with Crippen molar-refractivity contribution in [1.29, 1.82) is 0 Å². The van der Waals surface area contributed by atoms with Crippen LogP contribution in [0.3, 0.4) is 0 Å². The lowest BCUT2D eigenvalue weighted by molar-refractivity contribution is 0.876. The fraction of sp³-hybridized carbons (Fsp3) is 0.200. The molecule has 4 heteroatoms. The predicted octanol–water partition coefficient (Wildman–Crippen LogP) is 1.98. The first kappa shape index (κ1) is 8.74. The summed E-state index contributed by atoms with van der Waals surface area (Å²) in [5.41, 5.74) is 1.12. The summed E-state index contributed by atoms with van der Waals surface area (Å²) in [4.78, 5) is 4.19. The first-order chi connectivity index (χ1) is 6.86. The van der Waals surface area contributed by atoms with E-state index in [-0.39, 0.29) is 6.04 Å². The second-order valence-corrected chi connectivity index (χ2v) is 3.11. The number of nitrogens with zero attached hydrogens (tertiary/aromatic N) is 2. The zero-order chi connectivity index (χ0) is 9.80. The molecular weight excluding hydrogens is 176 g/mol. The quantitative estimate of drug-likeness (QED) is 0.774. The number of pyridine rings is 1. The van der Waals surface area contributed by atoms with Gasteiger partial charge >= 0.3 is 0 Å². The van der Waals surface area contributed by atoms with Crippen LogP contribution in [0.15, 0.2) is 36.8 Å². The monoisotopic (exact) mass is 188 g/mol. The highest BCUT2D eigenvalue weighted by molar-refractivity contribution is 5.36. The van der Waals surface area contributed by atoms with E-state index in [1.165, 1.54) is 0 Å². The van der Waals surface area contributed by atoms with Crippen LogP contribution in [0.2, 0.25) is 0 Å². The highest BCUT2D eigenvalue weighted by Gasteiger charge is 2.05. The van der Waals surface area contributed by atoms with Gasteiger partial charge in [-0.25, -0.2) is 4.98 Å². The Bertz CT molecular complexity index is 368. The molecule has 0 aliphatic rings. The Labute approximate surface area is 82.4 Å². The Morgan fingerprint density at radius 1 is 1.43 bits per heavy atom. The van der Waals surface area contributed by atoms with Crippen molar-refractivity contribution in [2.75, 3.05) is 5.32 Å². The number of aromatic nitrogens is 3. The van der Waals surface area contributed by atoms with Gasteiger partial charge in [-0.2, -0.15) is 5.10 Å². The average molecular weight is 188 g/mol. The van der Waals surface area contributed by atoms with Gasteiger partial charge in [0, 0.05) is 18.0 Å². The average Bonchev–Trinajstić information content (AvgIpc) is 2.72. The molecule has 1 atom stereocenters. The number of hydrogen-bond acceptors (Lipinski definition) is 3. The first-order valence-corrected chi connectivity index (χ1v) is 4.52. The van der Waals surface area contributed by atoms with Crippen LogP contribution in [0, 0.1) is 0 Å². The molecule has 0 radical (unpaired) electrons. The third kappa shape index (κ3) is 1.90. The summed E-state index contributed by atoms with van der Waals surface area (Å²) in [6, 6.07) is 6.01. The Morgan fingerprint density at radius 2 is 2.36 bits per heavy atom. The largest absolute Gasteiger partial charge is 0.363 e. The van der Waals surface area contributed by atoms with Crippen molar-refractivity contribution in [3.63, 3.8) is 0 Å². The molecule has 1 unspecified atom stereocenters. The molecule has 4 nitrogen and oxygen atoms in total. The van der Waals surface area contributed by atoms with Crippen LogP contribution in [0.4, 0.5) is 5.82 Å². The molecule has 72 valence electrons. The minimum atomic E-state index is 0.212. The summed E-state index contributed by atoms with van der Waals surface area (Å²) in [5, 5.41) is 9.96. The van der Waals surface area contributed by atoms with Crippen molar-refractivity contribution in [3.8, 4) is 0 Å². The van der Waals surface area contributed by atoms with Crippen molar-refractivity contribution in [1.82, 2.24) is 15.2 Å². The van der Waals surface area contributed by atoms with Crippen LogP contribution in [-0.4, -0.2) is 15.2 Å². The molecule has 2 aromatic heterocycles. The molecule has 2 N–H and O–H groups in total. The number of H-pyrrole nitrogens is 1. The van der Waals surface area contributed by atoms with Crippen molar-refractivity contribution >= 4 is 5.82 Å². The third-order valence-corrected chi connectivity index (χ3v) is 2.05. The van der Waals surface area contributed by atoms with Gasteiger partial charge in [0.15, 0.2) is 0 Å². The highest BCUT2D eigenvalue weighted by atomic mass is 15.1. The Morgan fingerprint density at radius 3 is 3.00 bits per heavy atom. The molecule has 0 saturated heterocycles. The summed E-state index contributed by atoms with van der Waals surface area (Å²) in [7, 11) is 0. The lowest BCUT2D eigenvalue weighted by Crippen LogP contribution is -2.06. The number of hydrogen-bond donors (Lipinski definition) is 2. The molecular formula is C10H12N4. The fourth-order valence-corrected chi connectivity index (χ4v) is 1.25. The van der Waals surface area contributed by atoms with Gasteiger partial charge in [0.05, 0.1) is 12.2 Å². The van der Waals surface area contributed by atoms with Gasteiger partial charge in [-0.3, -0.25) is 5.10 Å². The molecule has 0 spiro atoms. The van der Waals surface area contributed by atoms with Crippen LogP contribution >= 0.6 is 0 Å². The van der Waals surface area contributed by atoms with Crippen molar-refractivity contribution < 1.29 is 0 Å². The maximum atomic E-state index is 4.19. The highest BCUT2D eigenvalue weighted by Crippen LogP contribution is 2.15. The van der Waals surface area contributed by atoms with E-state index in [9.17, 15) is 0 Å². The number of rotatable bonds is 3. The summed E-state index contributed by atoms with van der Waals surface area (Å²) >= 11 is 0. The van der Waals surface area contributed by atoms with Gasteiger partial charge in [-0.15, -0.1) is 0 Å². The maximum Gasteiger partial charge on any atom is 0.126 e. The molecule has 0 bridgehead atoms. The molecule has 0 aliphatic heterocycles. The molecule has 0 amide bonds. The van der Waals surface area contributed by atoms with Crippen LogP contribution in [-0.2, 0) is 0 Å². The van der Waals surface area contributed by atoms with Crippen LogP contribution in [0.5, 0.6) is 0 Å². The van der Waals surface area contributed by atoms with Crippen molar-refractivity contribution in [2.45, 2.75) is 13.0 Å². The lowest BCUT2D eigenvalue weighted by atomic mass is 10.2. The summed E-state index contributed by atoms with van der Waals surface area (Å²) < 4.78 is 0. The molecule has 0 aliphatic carbocycles. The summed E-state index contributed by atoms with van der Waals surface area (Å²) in [5.74, 6) is 0.876. The van der Waals surface area contributed by atoms with E-state index in [2.05, 4.69) is 27.4 Å². The SMILES string of the molecule is CC(Nc1ccccn1)c1cn[nH]c1. The molecule has 2 aromatic rings. The lowest BCUT2D eigenvalue weighted by Gasteiger charge is -2.11. The smallest absolute Gasteiger partial charge is 0.126 e. The van der Waals surface area contributed by atoms with Crippen molar-refractivity contribution in [3.05, 3.63) is 42.4 Å². The molecule has 0 aromatic carbocycles. The number of anilines is 1. The Hall–Kier alpha value is -1.84. The molecule has 0 saturated carbocycles. The van der Waals surface area contributed by atoms with Gasteiger partial charge in [-0.1, -0.05) is 6.07 Å². The molecule has 2 heterocycles. The second-order valence-electron chi connectivity index (χ2n) is 3.11. The maximum absolute atomic E-state index is 4.19. The first-order valence-electron chi connectivity index (χ1n) is 4.52. The van der Waals surface area contributed by atoms with E-state index < -0.39 is 0 Å². The second kappa shape index (κ2) is 3.91. The third-order valence-electron chi connectivity index (χ3n) is 2.05. The zero-order valence-corrected chi connectivity index (χ0v) is 7.94. The molecule has 0 fully saturated rings. The zero-order valence-electron chi connectivity index (χ0n) is 7.94. The van der Waals surface area contributed by atoms with E-state index in [1.807, 2.05) is 24.4 Å². The van der Waals surface area contributed by atoms with E-state index in [1.54, 1.807) is 12.4 Å². The standard InChI is InChI=1S/C10H12N4/c1-8(9-6-12-13-7-9)14-10-4-2-3-5-11-10/h2-8H,1H3,(H,11,14)(H,12,13). The topological polar surface area (TPSA) is 53.6 Å². The molecule has 14 heavy (non-hydrogen) atoms. The van der Waals surface area contributed by atoms with E-state index in [4.69, 9.17) is 0 Å². The van der Waals surface area contributed by atoms with Crippen LogP contribution < -0.4 is 5.32 Å².